The van der Waals surface area contributed by atoms with Crippen LogP contribution in [-0.2, 0) is 9.84 Å². The Bertz CT molecular complexity index is 198. The second-order valence-electron chi connectivity index (χ2n) is 2.92. The Balaban J connectivity index is 2.64. The molecule has 1 atom stereocenters. The molecule has 0 saturated carbocycles. The van der Waals surface area contributed by atoms with Gasteiger partial charge in [0.1, 0.15) is 0 Å². The van der Waals surface area contributed by atoms with Crippen molar-refractivity contribution in [3.05, 3.63) is 0 Å². The van der Waals surface area contributed by atoms with Gasteiger partial charge in [0.2, 0.25) is 0 Å². The summed E-state index contributed by atoms with van der Waals surface area (Å²) in [6.07, 6.45) is 0. The Kier molecular flexibility index (Phi) is 2.31. The van der Waals surface area contributed by atoms with Gasteiger partial charge < -0.3 is 5.32 Å². The zero-order valence-electron chi connectivity index (χ0n) is 6.13. The van der Waals surface area contributed by atoms with Crippen LogP contribution in [0.1, 0.15) is 6.92 Å². The fourth-order valence-electron chi connectivity index (χ4n) is 1.15. The molecule has 1 aliphatic heterocycles. The van der Waals surface area contributed by atoms with Crippen LogP contribution in [0.4, 0.5) is 0 Å². The summed E-state index contributed by atoms with van der Waals surface area (Å²) in [7, 11) is -2.73. The highest BCUT2D eigenvalue weighted by Gasteiger charge is 2.18. The third kappa shape index (κ3) is 2.27. The summed E-state index contributed by atoms with van der Waals surface area (Å²) < 4.78 is 22.1. The number of hydrogen-bond donors (Lipinski definition) is 1. The van der Waals surface area contributed by atoms with Gasteiger partial charge in [-0.25, -0.2) is 8.42 Å². The van der Waals surface area contributed by atoms with E-state index in [0.717, 1.165) is 6.54 Å². The highest BCUT2D eigenvalue weighted by atomic mass is 32.2. The molecule has 1 saturated heterocycles. The molecule has 0 amide bonds. The predicted molar refractivity (Wildman–Crippen MR) is 40.7 cm³/mol. The van der Waals surface area contributed by atoms with Crippen LogP contribution < -0.4 is 5.32 Å². The van der Waals surface area contributed by atoms with Gasteiger partial charge in [-0.1, -0.05) is 6.92 Å². The van der Waals surface area contributed by atoms with Crippen molar-refractivity contribution >= 4 is 9.84 Å². The van der Waals surface area contributed by atoms with Crippen molar-refractivity contribution in [3.63, 3.8) is 0 Å². The molecule has 0 bridgehead atoms. The van der Waals surface area contributed by atoms with E-state index < -0.39 is 9.84 Å². The summed E-state index contributed by atoms with van der Waals surface area (Å²) >= 11 is 0. The number of hydrogen-bond acceptors (Lipinski definition) is 3. The van der Waals surface area contributed by atoms with Crippen LogP contribution in [-0.4, -0.2) is 33.0 Å². The number of nitrogens with one attached hydrogen (secondary N) is 1. The average molecular weight is 163 g/mol. The summed E-state index contributed by atoms with van der Waals surface area (Å²) in [5.74, 6) is 0.921. The molecule has 60 valence electrons. The highest BCUT2D eigenvalue weighted by molar-refractivity contribution is 7.91. The third-order valence-corrected chi connectivity index (χ3v) is 3.52. The lowest BCUT2D eigenvalue weighted by atomic mass is 10.2. The van der Waals surface area contributed by atoms with Crippen molar-refractivity contribution in [2.75, 3.05) is 24.6 Å². The lowest BCUT2D eigenvalue weighted by Crippen LogP contribution is -2.20. The zero-order chi connectivity index (χ0) is 7.61. The van der Waals surface area contributed by atoms with E-state index in [0.29, 0.717) is 18.1 Å². The van der Waals surface area contributed by atoms with E-state index in [2.05, 4.69) is 5.32 Å². The maximum atomic E-state index is 11.0. The monoisotopic (exact) mass is 163 g/mol. The largest absolute Gasteiger partial charge is 0.315 e. The minimum atomic E-state index is -2.73. The molecule has 1 fully saturated rings. The highest BCUT2D eigenvalue weighted by Crippen LogP contribution is 2.03. The van der Waals surface area contributed by atoms with Crippen LogP contribution in [0.3, 0.4) is 0 Å². The topological polar surface area (TPSA) is 46.2 Å². The number of sulfone groups is 1. The molecular formula is C6H13NO2S. The molecule has 1 N–H and O–H groups in total. The summed E-state index contributed by atoms with van der Waals surface area (Å²) in [6, 6.07) is 0. The van der Waals surface area contributed by atoms with Crippen molar-refractivity contribution in [1.29, 1.82) is 0 Å². The minimum Gasteiger partial charge on any atom is -0.315 e. The van der Waals surface area contributed by atoms with Crippen molar-refractivity contribution in [2.45, 2.75) is 6.92 Å². The Hall–Kier alpha value is -0.0900. The molecule has 1 heterocycles. The summed E-state index contributed by atoms with van der Waals surface area (Å²) in [5, 5.41) is 3.07. The molecule has 0 aromatic carbocycles. The first kappa shape index (κ1) is 8.01. The predicted octanol–water partition coefficient (Wildman–Crippen LogP) is -0.359. The number of rotatable bonds is 0. The second kappa shape index (κ2) is 2.88. The maximum Gasteiger partial charge on any atom is 0.151 e. The first-order valence-corrected chi connectivity index (χ1v) is 5.33. The molecular weight excluding hydrogens is 150 g/mol. The van der Waals surface area contributed by atoms with Crippen molar-refractivity contribution < 1.29 is 8.42 Å². The Labute approximate surface area is 61.7 Å². The molecule has 1 aliphatic rings. The quantitative estimate of drug-likeness (QED) is 0.530. The van der Waals surface area contributed by atoms with E-state index in [-0.39, 0.29) is 5.92 Å². The third-order valence-electron chi connectivity index (χ3n) is 1.62. The van der Waals surface area contributed by atoms with E-state index >= 15 is 0 Å². The first-order chi connectivity index (χ1) is 4.60. The van der Waals surface area contributed by atoms with Gasteiger partial charge in [0.25, 0.3) is 0 Å². The van der Waals surface area contributed by atoms with Gasteiger partial charge in [0.05, 0.1) is 11.5 Å². The molecule has 0 aliphatic carbocycles. The van der Waals surface area contributed by atoms with E-state index in [4.69, 9.17) is 0 Å². The van der Waals surface area contributed by atoms with Crippen LogP contribution >= 0.6 is 0 Å². The molecule has 3 nitrogen and oxygen atoms in total. The molecule has 0 aromatic heterocycles. The Morgan fingerprint density at radius 3 is 2.90 bits per heavy atom. The zero-order valence-corrected chi connectivity index (χ0v) is 6.95. The van der Waals surface area contributed by atoms with Gasteiger partial charge >= 0.3 is 0 Å². The van der Waals surface area contributed by atoms with E-state index in [1.165, 1.54) is 0 Å². The van der Waals surface area contributed by atoms with Gasteiger partial charge in [0.15, 0.2) is 9.84 Å². The fourth-order valence-corrected chi connectivity index (χ4v) is 2.76. The normalized spacial score (nSPS) is 33.1. The second-order valence-corrected chi connectivity index (χ2v) is 5.15. The van der Waals surface area contributed by atoms with Crippen LogP contribution in [0.25, 0.3) is 0 Å². The molecule has 0 spiro atoms. The molecule has 0 radical (unpaired) electrons. The Morgan fingerprint density at radius 1 is 1.50 bits per heavy atom. The summed E-state index contributed by atoms with van der Waals surface area (Å²) in [6.45, 7) is 3.40. The standard InChI is InChI=1S/C6H13NO2S/c1-6-4-7-2-3-10(8,9)5-6/h6-7H,2-5H2,1H3/t6-/m1/s1. The van der Waals surface area contributed by atoms with Crippen LogP contribution in [0.5, 0.6) is 0 Å². The van der Waals surface area contributed by atoms with Crippen molar-refractivity contribution in [3.8, 4) is 0 Å². The van der Waals surface area contributed by atoms with Crippen LogP contribution in [0.2, 0.25) is 0 Å². The van der Waals surface area contributed by atoms with Crippen LogP contribution in [0, 0.1) is 5.92 Å². The minimum absolute atomic E-state index is 0.271. The van der Waals surface area contributed by atoms with E-state index in [1.807, 2.05) is 6.92 Å². The van der Waals surface area contributed by atoms with Gasteiger partial charge in [-0.2, -0.15) is 0 Å². The lowest BCUT2D eigenvalue weighted by Gasteiger charge is -2.04. The molecule has 4 heteroatoms. The summed E-state index contributed by atoms with van der Waals surface area (Å²) in [5.41, 5.74) is 0. The average Bonchev–Trinajstić information content (AvgIpc) is 1.90. The smallest absolute Gasteiger partial charge is 0.151 e. The van der Waals surface area contributed by atoms with Gasteiger partial charge in [0, 0.05) is 6.54 Å². The van der Waals surface area contributed by atoms with Crippen molar-refractivity contribution in [2.24, 2.45) is 5.92 Å². The summed E-state index contributed by atoms with van der Waals surface area (Å²) in [4.78, 5) is 0. The molecule has 0 aromatic rings. The van der Waals surface area contributed by atoms with E-state index in [9.17, 15) is 8.42 Å². The van der Waals surface area contributed by atoms with Gasteiger partial charge in [-0.3, -0.25) is 0 Å². The Morgan fingerprint density at radius 2 is 2.20 bits per heavy atom. The molecule has 0 unspecified atom stereocenters. The maximum absolute atomic E-state index is 11.0. The van der Waals surface area contributed by atoms with Gasteiger partial charge in [-0.05, 0) is 12.5 Å². The fraction of sp³-hybridized carbons (Fsp3) is 1.00. The lowest BCUT2D eigenvalue weighted by molar-refractivity contribution is 0.568. The van der Waals surface area contributed by atoms with Gasteiger partial charge in [-0.15, -0.1) is 0 Å². The SMILES string of the molecule is C[C@@H]1CNCCS(=O)(=O)C1. The van der Waals surface area contributed by atoms with E-state index in [1.54, 1.807) is 0 Å². The first-order valence-electron chi connectivity index (χ1n) is 3.51. The molecule has 1 rings (SSSR count). The van der Waals surface area contributed by atoms with Crippen LogP contribution in [0.15, 0.2) is 0 Å². The molecule has 10 heavy (non-hydrogen) atoms. The van der Waals surface area contributed by atoms with Crippen molar-refractivity contribution in [1.82, 2.24) is 5.32 Å².